The lowest BCUT2D eigenvalue weighted by Gasteiger charge is -2.16. The molecule has 2 aromatic rings. The second-order valence-electron chi connectivity index (χ2n) is 7.36. The summed E-state index contributed by atoms with van der Waals surface area (Å²) in [5, 5.41) is 2.83. The first-order valence-electron chi connectivity index (χ1n) is 9.66. The summed E-state index contributed by atoms with van der Waals surface area (Å²) < 4.78 is 31.2. The van der Waals surface area contributed by atoms with Gasteiger partial charge in [0.05, 0.1) is 23.7 Å². The van der Waals surface area contributed by atoms with Crippen molar-refractivity contribution < 1.29 is 17.9 Å². The molecule has 1 saturated heterocycles. The fraction of sp³-hybridized carbons (Fsp3) is 0.318. The van der Waals surface area contributed by atoms with E-state index in [2.05, 4.69) is 19.2 Å². The number of amides is 1. The summed E-state index contributed by atoms with van der Waals surface area (Å²) in [4.78, 5) is 12.3. The summed E-state index contributed by atoms with van der Waals surface area (Å²) in [5.74, 6) is 0.949. The maximum Gasteiger partial charge on any atom is 0.248 e. The predicted octanol–water partition coefficient (Wildman–Crippen LogP) is 3.91. The zero-order chi connectivity index (χ0) is 20.9. The van der Waals surface area contributed by atoms with Crippen LogP contribution in [0.1, 0.15) is 25.8 Å². The van der Waals surface area contributed by atoms with Gasteiger partial charge in [-0.15, -0.1) is 0 Å². The quantitative estimate of drug-likeness (QED) is 0.697. The molecule has 1 heterocycles. The summed E-state index contributed by atoms with van der Waals surface area (Å²) in [6, 6.07) is 14.4. The Hall–Kier alpha value is -2.80. The van der Waals surface area contributed by atoms with Gasteiger partial charge < -0.3 is 10.1 Å². The number of ether oxygens (including phenoxy) is 1. The third-order valence-electron chi connectivity index (χ3n) is 4.42. The molecule has 1 amide bonds. The Kier molecular flexibility index (Phi) is 6.59. The van der Waals surface area contributed by atoms with Gasteiger partial charge >= 0.3 is 0 Å². The van der Waals surface area contributed by atoms with Crippen molar-refractivity contribution in [1.82, 2.24) is 0 Å². The van der Waals surface area contributed by atoms with Gasteiger partial charge in [0.15, 0.2) is 0 Å². The second kappa shape index (κ2) is 9.13. The van der Waals surface area contributed by atoms with Crippen molar-refractivity contribution >= 4 is 33.4 Å². The van der Waals surface area contributed by atoms with Crippen LogP contribution in [0.25, 0.3) is 6.08 Å². The smallest absolute Gasteiger partial charge is 0.248 e. The van der Waals surface area contributed by atoms with Crippen molar-refractivity contribution in [1.29, 1.82) is 0 Å². The number of benzene rings is 2. The molecule has 2 aromatic carbocycles. The molecule has 0 aliphatic carbocycles. The van der Waals surface area contributed by atoms with E-state index in [0.717, 1.165) is 5.56 Å². The molecule has 3 rings (SSSR count). The Morgan fingerprint density at radius 3 is 2.55 bits per heavy atom. The minimum Gasteiger partial charge on any atom is -0.491 e. The van der Waals surface area contributed by atoms with E-state index in [0.29, 0.717) is 42.6 Å². The number of hydrogen-bond donors (Lipinski definition) is 1. The molecule has 0 radical (unpaired) electrons. The van der Waals surface area contributed by atoms with Gasteiger partial charge in [-0.3, -0.25) is 9.10 Å². The second-order valence-corrected chi connectivity index (χ2v) is 9.37. The van der Waals surface area contributed by atoms with Crippen LogP contribution in [0, 0.1) is 5.92 Å². The zero-order valence-corrected chi connectivity index (χ0v) is 17.5. The summed E-state index contributed by atoms with van der Waals surface area (Å²) >= 11 is 0. The molecule has 154 valence electrons. The molecule has 1 aliphatic rings. The van der Waals surface area contributed by atoms with E-state index in [-0.39, 0.29) is 11.7 Å². The van der Waals surface area contributed by atoms with Gasteiger partial charge in [-0.1, -0.05) is 38.1 Å². The van der Waals surface area contributed by atoms with Crippen LogP contribution in [0.3, 0.4) is 0 Å². The van der Waals surface area contributed by atoms with Crippen LogP contribution >= 0.6 is 0 Å². The number of carbonyl (C=O) groups is 1. The van der Waals surface area contributed by atoms with Gasteiger partial charge in [-0.25, -0.2) is 8.42 Å². The van der Waals surface area contributed by atoms with Crippen LogP contribution in [-0.4, -0.2) is 33.2 Å². The van der Waals surface area contributed by atoms with E-state index in [1.165, 1.54) is 10.4 Å². The molecular formula is C22H26N2O4S. The van der Waals surface area contributed by atoms with Crippen LogP contribution in [0.5, 0.6) is 5.75 Å². The molecule has 1 aliphatic heterocycles. The molecule has 0 atom stereocenters. The monoisotopic (exact) mass is 414 g/mol. The van der Waals surface area contributed by atoms with Crippen molar-refractivity contribution in [2.24, 2.45) is 5.92 Å². The molecule has 0 aromatic heterocycles. The first-order chi connectivity index (χ1) is 13.8. The van der Waals surface area contributed by atoms with Gasteiger partial charge in [0.1, 0.15) is 5.75 Å². The Morgan fingerprint density at radius 2 is 1.90 bits per heavy atom. The van der Waals surface area contributed by atoms with Crippen LogP contribution in [0.2, 0.25) is 0 Å². The summed E-state index contributed by atoms with van der Waals surface area (Å²) in [6.45, 7) is 5.21. The van der Waals surface area contributed by atoms with E-state index < -0.39 is 10.0 Å². The molecule has 1 N–H and O–H groups in total. The molecule has 29 heavy (non-hydrogen) atoms. The lowest BCUT2D eigenvalue weighted by molar-refractivity contribution is -0.111. The molecule has 0 spiro atoms. The molecule has 1 fully saturated rings. The highest BCUT2D eigenvalue weighted by Crippen LogP contribution is 2.25. The van der Waals surface area contributed by atoms with E-state index in [4.69, 9.17) is 4.74 Å². The van der Waals surface area contributed by atoms with Crippen molar-refractivity contribution in [3.63, 3.8) is 0 Å². The highest BCUT2D eigenvalue weighted by atomic mass is 32.2. The largest absolute Gasteiger partial charge is 0.491 e. The molecule has 6 nitrogen and oxygen atoms in total. The van der Waals surface area contributed by atoms with E-state index in [1.54, 1.807) is 36.4 Å². The summed E-state index contributed by atoms with van der Waals surface area (Å²) in [6.07, 6.45) is 3.78. The van der Waals surface area contributed by atoms with Crippen molar-refractivity contribution in [3.05, 3.63) is 60.2 Å². The molecule has 0 bridgehead atoms. The van der Waals surface area contributed by atoms with Gasteiger partial charge in [-0.2, -0.15) is 0 Å². The van der Waals surface area contributed by atoms with E-state index in [9.17, 15) is 13.2 Å². The number of nitrogens with zero attached hydrogens (tertiary/aromatic N) is 1. The number of para-hydroxylation sites is 2. The normalized spacial score (nSPS) is 15.8. The van der Waals surface area contributed by atoms with Crippen molar-refractivity contribution in [2.45, 2.75) is 20.3 Å². The third kappa shape index (κ3) is 5.60. The van der Waals surface area contributed by atoms with Gasteiger partial charge in [-0.05, 0) is 48.2 Å². The molecule has 7 heteroatoms. The molecular weight excluding hydrogens is 388 g/mol. The first kappa shape index (κ1) is 20.9. The van der Waals surface area contributed by atoms with Crippen LogP contribution < -0.4 is 14.4 Å². The van der Waals surface area contributed by atoms with Crippen molar-refractivity contribution in [2.75, 3.05) is 28.5 Å². The highest BCUT2D eigenvalue weighted by Gasteiger charge is 2.28. The first-order valence-corrected chi connectivity index (χ1v) is 11.3. The SMILES string of the molecule is CC(C)COc1ccccc1NC(=O)/C=C/c1ccc(N2CCCS2(=O)=O)cc1. The van der Waals surface area contributed by atoms with Crippen LogP contribution in [0.4, 0.5) is 11.4 Å². The summed E-state index contributed by atoms with van der Waals surface area (Å²) in [7, 11) is -3.19. The molecule has 0 unspecified atom stereocenters. The predicted molar refractivity (Wildman–Crippen MR) is 117 cm³/mol. The lowest BCUT2D eigenvalue weighted by atomic mass is 10.2. The van der Waals surface area contributed by atoms with Gasteiger partial charge in [0, 0.05) is 12.6 Å². The molecule has 0 saturated carbocycles. The van der Waals surface area contributed by atoms with Crippen LogP contribution in [0.15, 0.2) is 54.6 Å². The topological polar surface area (TPSA) is 75.7 Å². The van der Waals surface area contributed by atoms with Gasteiger partial charge in [0.25, 0.3) is 0 Å². The maximum absolute atomic E-state index is 12.3. The number of nitrogens with one attached hydrogen (secondary N) is 1. The number of hydrogen-bond acceptors (Lipinski definition) is 4. The zero-order valence-electron chi connectivity index (χ0n) is 16.7. The number of rotatable bonds is 7. The minimum absolute atomic E-state index is 0.192. The number of carbonyl (C=O) groups excluding carboxylic acids is 1. The fourth-order valence-electron chi connectivity index (χ4n) is 2.98. The van der Waals surface area contributed by atoms with Crippen LogP contribution in [-0.2, 0) is 14.8 Å². The Balaban J connectivity index is 1.63. The fourth-order valence-corrected chi connectivity index (χ4v) is 4.54. The maximum atomic E-state index is 12.3. The minimum atomic E-state index is -3.19. The van der Waals surface area contributed by atoms with E-state index >= 15 is 0 Å². The Bertz CT molecular complexity index is 982. The lowest BCUT2D eigenvalue weighted by Crippen LogP contribution is -2.24. The van der Waals surface area contributed by atoms with E-state index in [1.807, 2.05) is 18.2 Å². The Labute approximate surface area is 172 Å². The standard InChI is InChI=1S/C22H26N2O4S/c1-17(2)16-28-21-7-4-3-6-20(21)23-22(25)13-10-18-8-11-19(12-9-18)24-14-5-15-29(24,26)27/h3-4,6-13,17H,5,14-16H2,1-2H3,(H,23,25)/b13-10+. The summed E-state index contributed by atoms with van der Waals surface area (Å²) in [5.41, 5.74) is 2.09. The average Bonchev–Trinajstić information content (AvgIpc) is 3.05. The number of sulfonamides is 1. The third-order valence-corrected chi connectivity index (χ3v) is 6.29. The average molecular weight is 415 g/mol. The number of anilines is 2. The van der Waals surface area contributed by atoms with Crippen molar-refractivity contribution in [3.8, 4) is 5.75 Å². The van der Waals surface area contributed by atoms with Gasteiger partial charge in [0.2, 0.25) is 15.9 Å². The Morgan fingerprint density at radius 1 is 1.17 bits per heavy atom. The highest BCUT2D eigenvalue weighted by molar-refractivity contribution is 7.93.